The Morgan fingerprint density at radius 2 is 1.15 bits per heavy atom. The van der Waals surface area contributed by atoms with Crippen LogP contribution in [0.25, 0.3) is 54.3 Å². The smallest absolute Gasteiger partial charge is 0.159 e. The van der Waals surface area contributed by atoms with Crippen LogP contribution in [-0.4, -0.2) is 0 Å². The maximum atomic E-state index is 6.63. The molecular weight excluding hydrogens is 603 g/mol. The maximum Gasteiger partial charge on any atom is 0.159 e. The van der Waals surface area contributed by atoms with Crippen molar-refractivity contribution in [1.29, 1.82) is 0 Å². The van der Waals surface area contributed by atoms with Gasteiger partial charge >= 0.3 is 0 Å². The van der Waals surface area contributed by atoms with Gasteiger partial charge in [0.15, 0.2) is 5.58 Å². The highest BCUT2D eigenvalue weighted by Crippen LogP contribution is 2.66. The lowest BCUT2D eigenvalue weighted by Crippen LogP contribution is -2.25. The zero-order valence-corrected chi connectivity index (χ0v) is 26.7. The first-order chi connectivity index (χ1) is 23.8. The van der Waals surface area contributed by atoms with E-state index >= 15 is 0 Å². The first kappa shape index (κ1) is 26.2. The molecule has 0 atom stereocenters. The molecule has 2 heterocycles. The van der Waals surface area contributed by atoms with E-state index in [1.165, 1.54) is 53.9 Å². The summed E-state index contributed by atoms with van der Waals surface area (Å²) in [4.78, 5) is 3.79. The molecule has 2 aliphatic carbocycles. The summed E-state index contributed by atoms with van der Waals surface area (Å²) in [6.07, 6.45) is 0. The van der Waals surface area contributed by atoms with Gasteiger partial charge in [-0.25, -0.2) is 0 Å². The number of thiophene rings is 1. The summed E-state index contributed by atoms with van der Waals surface area (Å²) in [5.74, 6) is 0. The summed E-state index contributed by atoms with van der Waals surface area (Å²) in [6, 6.07) is 59.7. The average Bonchev–Trinajstić information content (AvgIpc) is 3.87. The van der Waals surface area contributed by atoms with Crippen LogP contribution in [0.5, 0.6) is 0 Å². The number of benzene rings is 7. The molecule has 0 unspecified atom stereocenters. The quantitative estimate of drug-likeness (QED) is 0.193. The number of rotatable bonds is 3. The highest BCUT2D eigenvalue weighted by atomic mass is 32.1. The third-order valence-corrected chi connectivity index (χ3v) is 11.8. The van der Waals surface area contributed by atoms with Crippen LogP contribution in [0.4, 0.5) is 17.1 Å². The van der Waals surface area contributed by atoms with Gasteiger partial charge in [0.1, 0.15) is 5.58 Å². The second-order valence-corrected chi connectivity index (χ2v) is 13.8. The van der Waals surface area contributed by atoms with Gasteiger partial charge < -0.3 is 9.32 Å². The van der Waals surface area contributed by atoms with Crippen molar-refractivity contribution in [3.8, 4) is 22.3 Å². The highest BCUT2D eigenvalue weighted by Gasteiger charge is 2.53. The molecule has 9 aromatic rings. The molecule has 0 fully saturated rings. The number of hydrogen-bond donors (Lipinski definition) is 0. The Labute approximate surface area is 281 Å². The van der Waals surface area contributed by atoms with Gasteiger partial charge in [-0.3, -0.25) is 0 Å². The predicted octanol–water partition coefficient (Wildman–Crippen LogP) is 12.6. The lowest BCUT2D eigenvalue weighted by molar-refractivity contribution is 0.669. The van der Waals surface area contributed by atoms with Gasteiger partial charge in [-0.05, 0) is 75.8 Å². The number of fused-ring (bicyclic) bond motifs is 15. The Morgan fingerprint density at radius 1 is 0.479 bits per heavy atom. The largest absolute Gasteiger partial charge is 0.454 e. The molecule has 0 amide bonds. The van der Waals surface area contributed by atoms with Crippen LogP contribution in [0.2, 0.25) is 0 Å². The number of nitrogens with zero attached hydrogens (tertiary/aromatic N) is 1. The molecule has 0 bridgehead atoms. The predicted molar refractivity (Wildman–Crippen MR) is 200 cm³/mol. The molecule has 11 rings (SSSR count). The van der Waals surface area contributed by atoms with Crippen molar-refractivity contribution >= 4 is 60.4 Å². The molecule has 224 valence electrons. The SMILES string of the molecule is c1ccc(N(c2ccc3c(c2)C2(c4ccccc4-c4ccccc42)c2sc4ccccc4c2-3)c2cccc3c2oc2ccccc23)cc1. The number of anilines is 3. The molecular formula is C45H27NOS. The maximum absolute atomic E-state index is 6.63. The summed E-state index contributed by atoms with van der Waals surface area (Å²) in [5.41, 5.74) is 14.0. The van der Waals surface area contributed by atoms with Crippen molar-refractivity contribution in [3.05, 3.63) is 185 Å². The summed E-state index contributed by atoms with van der Waals surface area (Å²) in [7, 11) is 0. The zero-order chi connectivity index (χ0) is 31.4. The Balaban J connectivity index is 1.24. The Kier molecular flexibility index (Phi) is 5.22. The van der Waals surface area contributed by atoms with Gasteiger partial charge in [0.25, 0.3) is 0 Å². The second-order valence-electron chi connectivity index (χ2n) is 12.8. The van der Waals surface area contributed by atoms with Gasteiger partial charge in [0, 0.05) is 42.7 Å². The van der Waals surface area contributed by atoms with Gasteiger partial charge in [-0.15, -0.1) is 11.3 Å². The second kappa shape index (κ2) is 9.57. The monoisotopic (exact) mass is 629 g/mol. The van der Waals surface area contributed by atoms with E-state index in [0.29, 0.717) is 0 Å². The zero-order valence-electron chi connectivity index (χ0n) is 25.9. The van der Waals surface area contributed by atoms with Crippen LogP contribution < -0.4 is 4.90 Å². The van der Waals surface area contributed by atoms with E-state index in [-0.39, 0.29) is 0 Å². The van der Waals surface area contributed by atoms with Crippen molar-refractivity contribution in [1.82, 2.24) is 0 Å². The van der Waals surface area contributed by atoms with E-state index in [9.17, 15) is 0 Å². The highest BCUT2D eigenvalue weighted by molar-refractivity contribution is 7.20. The summed E-state index contributed by atoms with van der Waals surface area (Å²) >= 11 is 1.95. The Bertz CT molecular complexity index is 2710. The van der Waals surface area contributed by atoms with E-state index < -0.39 is 5.41 Å². The first-order valence-electron chi connectivity index (χ1n) is 16.4. The first-order valence-corrected chi connectivity index (χ1v) is 17.3. The van der Waals surface area contributed by atoms with Gasteiger partial charge in [-0.2, -0.15) is 0 Å². The molecule has 2 nitrogen and oxygen atoms in total. The van der Waals surface area contributed by atoms with Crippen LogP contribution in [0, 0.1) is 0 Å². The molecule has 48 heavy (non-hydrogen) atoms. The topological polar surface area (TPSA) is 16.4 Å². The third-order valence-electron chi connectivity index (χ3n) is 10.5. The standard InChI is InChI=1S/C45H27NOS/c1-2-13-28(14-3-1)46(39-22-12-19-33-32-17-6-10-23-40(32)47-43(33)39)29-25-26-34-38(27-29)45(44-42(34)35-18-7-11-24-41(35)48-44)36-20-8-4-15-30(36)31-16-5-9-21-37(31)45/h1-27H. The fourth-order valence-corrected chi connectivity index (χ4v) is 10.0. The minimum absolute atomic E-state index is 0.411. The van der Waals surface area contributed by atoms with E-state index in [1.807, 2.05) is 17.4 Å². The van der Waals surface area contributed by atoms with Crippen molar-refractivity contribution in [2.75, 3.05) is 4.90 Å². The van der Waals surface area contributed by atoms with Gasteiger partial charge in [0.2, 0.25) is 0 Å². The number of hydrogen-bond acceptors (Lipinski definition) is 3. The van der Waals surface area contributed by atoms with Crippen LogP contribution in [0.1, 0.15) is 21.6 Å². The van der Waals surface area contributed by atoms with Crippen molar-refractivity contribution in [3.63, 3.8) is 0 Å². The molecule has 0 aliphatic heterocycles. The summed E-state index contributed by atoms with van der Waals surface area (Å²) in [6.45, 7) is 0. The molecule has 7 aromatic carbocycles. The molecule has 0 N–H and O–H groups in total. The van der Waals surface area contributed by atoms with Crippen LogP contribution >= 0.6 is 11.3 Å². The van der Waals surface area contributed by atoms with E-state index in [2.05, 4.69) is 163 Å². The molecule has 0 saturated carbocycles. The number of para-hydroxylation sites is 3. The summed E-state index contributed by atoms with van der Waals surface area (Å²) < 4.78 is 7.97. The van der Waals surface area contributed by atoms with Crippen molar-refractivity contribution in [2.45, 2.75) is 5.41 Å². The van der Waals surface area contributed by atoms with Crippen LogP contribution in [0.3, 0.4) is 0 Å². The normalized spacial score (nSPS) is 13.6. The summed E-state index contributed by atoms with van der Waals surface area (Å²) in [5, 5.41) is 3.58. The number of furan rings is 1. The molecule has 2 aliphatic rings. The van der Waals surface area contributed by atoms with Crippen molar-refractivity contribution in [2.24, 2.45) is 0 Å². The van der Waals surface area contributed by atoms with E-state index in [1.54, 1.807) is 0 Å². The van der Waals surface area contributed by atoms with Gasteiger partial charge in [-0.1, -0.05) is 121 Å². The Morgan fingerprint density at radius 3 is 1.96 bits per heavy atom. The van der Waals surface area contributed by atoms with Crippen LogP contribution in [-0.2, 0) is 5.41 Å². The molecule has 1 spiro atoms. The lowest BCUT2D eigenvalue weighted by atomic mass is 9.73. The lowest BCUT2D eigenvalue weighted by Gasteiger charge is -2.31. The molecule has 3 heteroatoms. The van der Waals surface area contributed by atoms with Crippen molar-refractivity contribution < 1.29 is 4.42 Å². The third kappa shape index (κ3) is 3.26. The minimum atomic E-state index is -0.411. The molecule has 0 radical (unpaired) electrons. The molecule has 2 aromatic heterocycles. The molecule has 0 saturated heterocycles. The fourth-order valence-electron chi connectivity index (χ4n) is 8.58. The fraction of sp³-hybridized carbons (Fsp3) is 0.0222. The minimum Gasteiger partial charge on any atom is -0.454 e. The Hall–Kier alpha value is -5.90. The van der Waals surface area contributed by atoms with E-state index in [0.717, 1.165) is 39.0 Å². The van der Waals surface area contributed by atoms with Crippen LogP contribution in [0.15, 0.2) is 168 Å². The van der Waals surface area contributed by atoms with E-state index in [4.69, 9.17) is 4.42 Å². The average molecular weight is 630 g/mol. The van der Waals surface area contributed by atoms with Gasteiger partial charge in [0.05, 0.1) is 11.1 Å².